The molecule has 20 heavy (non-hydrogen) atoms. The largest absolute Gasteiger partial charge is 0.365 e. The van der Waals surface area contributed by atoms with E-state index in [9.17, 15) is 9.59 Å². The topological polar surface area (TPSA) is 88.8 Å². The van der Waals surface area contributed by atoms with E-state index in [1.54, 1.807) is 0 Å². The van der Waals surface area contributed by atoms with Gasteiger partial charge < -0.3 is 16.4 Å². The van der Waals surface area contributed by atoms with E-state index >= 15 is 0 Å². The highest BCUT2D eigenvalue weighted by molar-refractivity contribution is 7.17. The van der Waals surface area contributed by atoms with Gasteiger partial charge in [-0.1, -0.05) is 0 Å². The van der Waals surface area contributed by atoms with Gasteiger partial charge in [-0.25, -0.2) is 0 Å². The molecule has 0 radical (unpaired) electrons. The van der Waals surface area contributed by atoms with Crippen LogP contribution >= 0.6 is 11.3 Å². The molecule has 0 unspecified atom stereocenters. The highest BCUT2D eigenvalue weighted by Crippen LogP contribution is 2.41. The number of hydrogen-bond donors (Lipinski definition) is 3. The first kappa shape index (κ1) is 15.0. The zero-order valence-corrected chi connectivity index (χ0v) is 13.4. The minimum atomic E-state index is -0.472. The van der Waals surface area contributed by atoms with Crippen molar-refractivity contribution in [2.75, 3.05) is 5.32 Å². The van der Waals surface area contributed by atoms with Gasteiger partial charge in [0.2, 0.25) is 5.91 Å². The molecule has 0 aromatic carbocycles. The Bertz CT molecular complexity index is 587. The maximum Gasteiger partial charge on any atom is 0.252 e. The summed E-state index contributed by atoms with van der Waals surface area (Å²) in [7, 11) is 0. The summed E-state index contributed by atoms with van der Waals surface area (Å²) in [4.78, 5) is 24.3. The summed E-state index contributed by atoms with van der Waals surface area (Å²) >= 11 is 1.46. The van der Waals surface area contributed by atoms with E-state index in [0.29, 0.717) is 10.6 Å². The number of rotatable bonds is 2. The molecule has 1 aliphatic heterocycles. The maximum atomic E-state index is 11.8. The number of carbonyl (C=O) groups is 2. The third kappa shape index (κ3) is 2.58. The van der Waals surface area contributed by atoms with Gasteiger partial charge in [0.25, 0.3) is 5.91 Å². The van der Waals surface area contributed by atoms with Crippen LogP contribution in [0.5, 0.6) is 0 Å². The minimum absolute atomic E-state index is 0.00470. The number of carbonyl (C=O) groups excluding carboxylic acids is 2. The van der Waals surface area contributed by atoms with Gasteiger partial charge in [-0.05, 0) is 33.3 Å². The van der Waals surface area contributed by atoms with Crippen LogP contribution in [0.1, 0.15) is 55.4 Å². The molecule has 2 heterocycles. The Labute approximate surface area is 122 Å². The molecule has 6 heteroatoms. The number of thiophene rings is 1. The van der Waals surface area contributed by atoms with E-state index in [4.69, 9.17) is 5.73 Å². The highest BCUT2D eigenvalue weighted by atomic mass is 32.1. The van der Waals surface area contributed by atoms with Crippen molar-refractivity contribution in [1.82, 2.24) is 0 Å². The lowest BCUT2D eigenvalue weighted by atomic mass is 9.81. The molecule has 0 fully saturated rings. The third-order valence-corrected chi connectivity index (χ3v) is 5.00. The van der Waals surface area contributed by atoms with Gasteiger partial charge in [0.1, 0.15) is 10.5 Å². The Morgan fingerprint density at radius 3 is 2.40 bits per heavy atom. The molecular weight excluding hydrogens is 274 g/mol. The Kier molecular flexibility index (Phi) is 3.42. The van der Waals surface area contributed by atoms with Crippen molar-refractivity contribution in [3.05, 3.63) is 16.0 Å². The molecule has 1 aromatic heterocycles. The molecule has 110 valence electrons. The van der Waals surface area contributed by atoms with Crippen molar-refractivity contribution in [2.24, 2.45) is 5.73 Å². The number of nitrogens with two attached hydrogens (primary N) is 2. The highest BCUT2D eigenvalue weighted by Gasteiger charge is 2.44. The van der Waals surface area contributed by atoms with Crippen molar-refractivity contribution in [2.45, 2.75) is 52.1 Å². The zero-order valence-electron chi connectivity index (χ0n) is 12.6. The van der Waals surface area contributed by atoms with E-state index in [2.05, 4.69) is 38.3 Å². The summed E-state index contributed by atoms with van der Waals surface area (Å²) in [6.07, 6.45) is 0.764. The van der Waals surface area contributed by atoms with Crippen LogP contribution in [0, 0.1) is 0 Å². The van der Waals surface area contributed by atoms with Gasteiger partial charge in [0, 0.05) is 13.3 Å². The molecule has 0 spiro atoms. The van der Waals surface area contributed by atoms with Crippen LogP contribution in [-0.2, 0) is 16.8 Å². The van der Waals surface area contributed by atoms with E-state index in [-0.39, 0.29) is 17.0 Å². The summed E-state index contributed by atoms with van der Waals surface area (Å²) in [6.45, 7) is 10.00. The first-order valence-electron chi connectivity index (χ1n) is 6.64. The molecular formula is C14H22N3O2S+. The molecule has 5 nitrogen and oxygen atoms in total. The van der Waals surface area contributed by atoms with Gasteiger partial charge in [-0.15, -0.1) is 11.3 Å². The summed E-state index contributed by atoms with van der Waals surface area (Å²) in [5.41, 5.74) is 6.87. The van der Waals surface area contributed by atoms with Crippen LogP contribution in [0.4, 0.5) is 5.00 Å². The predicted octanol–water partition coefficient (Wildman–Crippen LogP) is 0.939. The average Bonchev–Trinajstić information content (AvgIpc) is 2.52. The SMILES string of the molecule is CC(=O)Nc1sc2c(c1C(N)=O)CC(C)(C)[NH2+]C2(C)C. The van der Waals surface area contributed by atoms with Crippen LogP contribution in [0.15, 0.2) is 0 Å². The maximum absolute atomic E-state index is 11.8. The fourth-order valence-corrected chi connectivity index (χ4v) is 4.56. The first-order valence-corrected chi connectivity index (χ1v) is 7.46. The van der Waals surface area contributed by atoms with Gasteiger partial charge in [0.05, 0.1) is 16.0 Å². The van der Waals surface area contributed by atoms with Crippen LogP contribution in [0.25, 0.3) is 0 Å². The third-order valence-electron chi connectivity index (χ3n) is 3.51. The Morgan fingerprint density at radius 1 is 1.30 bits per heavy atom. The van der Waals surface area contributed by atoms with Crippen LogP contribution < -0.4 is 16.4 Å². The predicted molar refractivity (Wildman–Crippen MR) is 79.9 cm³/mol. The van der Waals surface area contributed by atoms with E-state index in [1.807, 2.05) is 0 Å². The fraction of sp³-hybridized carbons (Fsp3) is 0.571. The van der Waals surface area contributed by atoms with Crippen molar-refractivity contribution in [3.63, 3.8) is 0 Å². The molecule has 5 N–H and O–H groups in total. The van der Waals surface area contributed by atoms with Crippen molar-refractivity contribution in [1.29, 1.82) is 0 Å². The van der Waals surface area contributed by atoms with Crippen molar-refractivity contribution < 1.29 is 14.9 Å². The molecule has 0 saturated heterocycles. The van der Waals surface area contributed by atoms with Crippen LogP contribution in [-0.4, -0.2) is 17.4 Å². The lowest BCUT2D eigenvalue weighted by molar-refractivity contribution is -0.789. The second-order valence-corrected chi connectivity index (χ2v) is 7.71. The lowest BCUT2D eigenvalue weighted by Gasteiger charge is -2.38. The normalized spacial score (nSPS) is 19.2. The van der Waals surface area contributed by atoms with Crippen LogP contribution in [0.2, 0.25) is 0 Å². The molecule has 0 aliphatic carbocycles. The van der Waals surface area contributed by atoms with Gasteiger partial charge in [-0.2, -0.15) is 0 Å². The molecule has 0 bridgehead atoms. The van der Waals surface area contributed by atoms with Crippen LogP contribution in [0.3, 0.4) is 0 Å². The van der Waals surface area contributed by atoms with E-state index in [1.165, 1.54) is 18.3 Å². The second-order valence-electron chi connectivity index (χ2n) is 6.69. The molecule has 0 atom stereocenters. The zero-order chi connectivity index (χ0) is 15.3. The standard InChI is InChI=1S/C14H21N3O2S/c1-7(18)16-12-9(11(15)19)8-6-13(2,3)17-14(4,5)10(8)20-12/h17H,6H2,1-5H3,(H2,15,19)(H,16,18)/p+1. The molecule has 1 aromatic rings. The van der Waals surface area contributed by atoms with Gasteiger partial charge >= 0.3 is 0 Å². The van der Waals surface area contributed by atoms with E-state index < -0.39 is 5.91 Å². The van der Waals surface area contributed by atoms with Crippen molar-refractivity contribution in [3.8, 4) is 0 Å². The van der Waals surface area contributed by atoms with Crippen molar-refractivity contribution >= 4 is 28.2 Å². The number of nitrogens with one attached hydrogen (secondary N) is 1. The van der Waals surface area contributed by atoms with Gasteiger partial charge in [0.15, 0.2) is 0 Å². The summed E-state index contributed by atoms with van der Waals surface area (Å²) < 4.78 is 0. The molecule has 2 rings (SSSR count). The minimum Gasteiger partial charge on any atom is -0.365 e. The number of quaternary nitrogens is 1. The summed E-state index contributed by atoms with van der Waals surface area (Å²) in [6, 6.07) is 0. The monoisotopic (exact) mass is 296 g/mol. The number of primary amides is 1. The Morgan fingerprint density at radius 2 is 1.90 bits per heavy atom. The van der Waals surface area contributed by atoms with E-state index in [0.717, 1.165) is 16.9 Å². The Balaban J connectivity index is 2.65. The number of amides is 2. The smallest absolute Gasteiger partial charge is 0.252 e. The molecule has 2 amide bonds. The summed E-state index contributed by atoms with van der Waals surface area (Å²) in [5.74, 6) is -0.660. The molecule has 1 aliphatic rings. The number of hydrogen-bond acceptors (Lipinski definition) is 3. The average molecular weight is 296 g/mol. The number of fused-ring (bicyclic) bond motifs is 1. The lowest BCUT2D eigenvalue weighted by Crippen LogP contribution is -3.03. The second kappa shape index (κ2) is 4.56. The quantitative estimate of drug-likeness (QED) is 0.758. The first-order chi connectivity index (χ1) is 9.03. The van der Waals surface area contributed by atoms with Gasteiger partial charge in [-0.3, -0.25) is 9.59 Å². The Hall–Kier alpha value is -1.40. The fourth-order valence-electron chi connectivity index (χ4n) is 3.21. The molecule has 0 saturated carbocycles. The number of anilines is 1. The summed E-state index contributed by atoms with van der Waals surface area (Å²) in [5, 5.41) is 5.63.